The van der Waals surface area contributed by atoms with Gasteiger partial charge in [-0.25, -0.2) is 9.37 Å². The molecule has 0 aromatic carbocycles. The number of amidine groups is 1. The number of ether oxygens (including phenoxy) is 2. The Morgan fingerprint density at radius 1 is 1.38 bits per heavy atom. The molecule has 0 radical (unpaired) electrons. The highest BCUT2D eigenvalue weighted by molar-refractivity contribution is 8.15. The Morgan fingerprint density at radius 3 is 2.82 bits per heavy atom. The summed E-state index contributed by atoms with van der Waals surface area (Å²) in [6.45, 7) is 6.77. The van der Waals surface area contributed by atoms with Crippen LogP contribution < -0.4 is 5.73 Å². The van der Waals surface area contributed by atoms with E-state index in [0.717, 1.165) is 11.8 Å². The van der Waals surface area contributed by atoms with E-state index in [9.17, 15) is 9.18 Å². The van der Waals surface area contributed by atoms with E-state index >= 15 is 4.39 Å². The van der Waals surface area contributed by atoms with E-state index in [0.29, 0.717) is 31.9 Å². The van der Waals surface area contributed by atoms with Gasteiger partial charge in [-0.05, 0) is 43.7 Å². The molecule has 0 bridgehead atoms. The maximum Gasteiger partial charge on any atom is 0.239 e. The minimum atomic E-state index is -1.28. The molecular weight excluding hydrogens is 526 g/mol. The second-order valence-corrected chi connectivity index (χ2v) is 11.3. The number of aliphatic imine (C=N–C) groups is 1. The molecule has 2 aliphatic heterocycles. The molecule has 206 valence electrons. The zero-order valence-electron chi connectivity index (χ0n) is 22.1. The first-order valence-electron chi connectivity index (χ1n) is 12.3. The molecule has 1 fully saturated rings. The third kappa shape index (κ3) is 5.52. The number of halogens is 2. The fourth-order valence-corrected chi connectivity index (χ4v) is 6.25. The molecule has 12 heteroatoms. The van der Waals surface area contributed by atoms with E-state index in [2.05, 4.69) is 15.0 Å². The van der Waals surface area contributed by atoms with Crippen LogP contribution >= 0.6 is 11.8 Å². The van der Waals surface area contributed by atoms with Crippen molar-refractivity contribution in [3.63, 3.8) is 0 Å². The highest BCUT2D eigenvalue weighted by Crippen LogP contribution is 2.51. The highest BCUT2D eigenvalue weighted by Gasteiger charge is 2.56. The molecule has 2 aliphatic rings. The van der Waals surface area contributed by atoms with E-state index in [1.165, 1.54) is 36.7 Å². The van der Waals surface area contributed by atoms with Crippen molar-refractivity contribution in [1.82, 2.24) is 14.9 Å². The fraction of sp³-hybridized carbons (Fsp3) is 0.444. The summed E-state index contributed by atoms with van der Waals surface area (Å²) < 4.78 is 40.0. The third-order valence-corrected chi connectivity index (χ3v) is 8.69. The van der Waals surface area contributed by atoms with Crippen molar-refractivity contribution in [1.29, 1.82) is 5.26 Å². The van der Waals surface area contributed by atoms with Crippen LogP contribution in [0.1, 0.15) is 43.2 Å². The third-order valence-electron chi connectivity index (χ3n) is 7.44. The number of amides is 1. The first kappa shape index (κ1) is 28.6. The van der Waals surface area contributed by atoms with Gasteiger partial charge in [0.2, 0.25) is 11.9 Å². The largest absolute Gasteiger partial charge is 0.382 e. The fourth-order valence-electron chi connectivity index (χ4n) is 4.97. The van der Waals surface area contributed by atoms with Crippen LogP contribution in [-0.2, 0) is 19.8 Å². The number of nitrogens with zero attached hydrogens (tertiary/aromatic N) is 5. The zero-order chi connectivity index (χ0) is 28.4. The zero-order valence-corrected chi connectivity index (χ0v) is 23.0. The molecule has 0 saturated carbocycles. The van der Waals surface area contributed by atoms with Crippen molar-refractivity contribution in [3.05, 3.63) is 58.9 Å². The van der Waals surface area contributed by atoms with Gasteiger partial charge in [-0.2, -0.15) is 9.65 Å². The lowest BCUT2D eigenvalue weighted by atomic mass is 9.73. The van der Waals surface area contributed by atoms with E-state index in [-0.39, 0.29) is 33.9 Å². The number of thioether (sulfide) groups is 1. The van der Waals surface area contributed by atoms with Gasteiger partial charge >= 0.3 is 0 Å². The van der Waals surface area contributed by atoms with Gasteiger partial charge < -0.3 is 20.1 Å². The van der Waals surface area contributed by atoms with Gasteiger partial charge in [-0.3, -0.25) is 14.8 Å². The predicted molar refractivity (Wildman–Crippen MR) is 144 cm³/mol. The minimum Gasteiger partial charge on any atom is -0.382 e. The summed E-state index contributed by atoms with van der Waals surface area (Å²) in [6.07, 6.45) is 3.64. The summed E-state index contributed by atoms with van der Waals surface area (Å²) >= 11 is 1.15. The molecule has 2 N–H and O–H groups in total. The molecular formula is C27H30F2N6O3S. The van der Waals surface area contributed by atoms with Crippen LogP contribution in [0.3, 0.4) is 0 Å². The molecule has 1 amide bonds. The molecule has 9 nitrogen and oxygen atoms in total. The number of carbonyl (C=O) groups is 1. The molecule has 2 aromatic rings. The molecule has 0 unspecified atom stereocenters. The van der Waals surface area contributed by atoms with Gasteiger partial charge in [-0.1, -0.05) is 18.7 Å². The quantitative estimate of drug-likeness (QED) is 0.536. The summed E-state index contributed by atoms with van der Waals surface area (Å²) in [7, 11) is 1.57. The first-order chi connectivity index (χ1) is 18.5. The Bertz CT molecular complexity index is 1350. The summed E-state index contributed by atoms with van der Waals surface area (Å²) in [4.78, 5) is 28.2. The van der Waals surface area contributed by atoms with E-state index in [1.807, 2.05) is 13.0 Å². The second kappa shape index (κ2) is 11.4. The van der Waals surface area contributed by atoms with E-state index < -0.39 is 28.0 Å². The maximum absolute atomic E-state index is 15.3. The average Bonchev–Trinajstić information content (AvgIpc) is 2.92. The number of nitrogens with two attached hydrogens (primary N) is 1. The van der Waals surface area contributed by atoms with Gasteiger partial charge in [0.25, 0.3) is 0 Å². The summed E-state index contributed by atoms with van der Waals surface area (Å²) in [5, 5.41) is 9.07. The van der Waals surface area contributed by atoms with E-state index in [1.54, 1.807) is 25.9 Å². The Balaban J connectivity index is 1.71. The van der Waals surface area contributed by atoms with Crippen molar-refractivity contribution < 1.29 is 23.0 Å². The summed E-state index contributed by atoms with van der Waals surface area (Å²) in [6, 6.07) is 5.96. The Morgan fingerprint density at radius 2 is 2.15 bits per heavy atom. The van der Waals surface area contributed by atoms with Crippen molar-refractivity contribution in [2.45, 2.75) is 37.1 Å². The van der Waals surface area contributed by atoms with Gasteiger partial charge in [0.1, 0.15) is 16.6 Å². The molecule has 4 heterocycles. The maximum atomic E-state index is 15.3. The lowest BCUT2D eigenvalue weighted by Gasteiger charge is -2.49. The lowest BCUT2D eigenvalue weighted by molar-refractivity contribution is -0.146. The van der Waals surface area contributed by atoms with Gasteiger partial charge in [0.15, 0.2) is 5.17 Å². The predicted octanol–water partition coefficient (Wildman–Crippen LogP) is 3.50. The van der Waals surface area contributed by atoms with E-state index in [4.69, 9.17) is 20.5 Å². The van der Waals surface area contributed by atoms with Crippen LogP contribution in [0.2, 0.25) is 0 Å². The van der Waals surface area contributed by atoms with Crippen molar-refractivity contribution in [2.75, 3.05) is 33.5 Å². The molecule has 2 aromatic heterocycles. The first-order valence-corrected chi connectivity index (χ1v) is 13.2. The number of hydrogen-bond donors (Lipinski definition) is 1. The normalized spacial score (nSPS) is 27.6. The molecule has 4 atom stereocenters. The minimum absolute atomic E-state index is 0.0186. The van der Waals surface area contributed by atoms with Gasteiger partial charge in [0, 0.05) is 37.5 Å². The number of morpholine rings is 1. The van der Waals surface area contributed by atoms with Crippen LogP contribution in [0.15, 0.2) is 35.6 Å². The van der Waals surface area contributed by atoms with Crippen LogP contribution in [-0.4, -0.2) is 70.2 Å². The molecule has 39 heavy (non-hydrogen) atoms. The molecule has 0 spiro atoms. The van der Waals surface area contributed by atoms with Crippen molar-refractivity contribution in [3.8, 4) is 6.07 Å². The van der Waals surface area contributed by atoms with Gasteiger partial charge in [0.05, 0.1) is 42.7 Å². The number of methoxy groups -OCH3 is 1. The standard InChI is InChI=1S/C27H30F2N6O3S/c1-16-26(2,34-25(31)39-27(16,3)24(36)35-7-8-38-15-19(35)14-37-4)20-9-18(13-33-23(20)29)10-21(28)22-6-5-17(11-30)12-32-22/h5-6,9-10,12-13,16,19H,7-8,14-15H2,1-4H3,(H2,31,34)/b21-10-/t16-,19-,26-,27-/m0/s1. The Hall–Kier alpha value is -3.40. The van der Waals surface area contributed by atoms with Crippen molar-refractivity contribution >= 4 is 34.7 Å². The number of nitriles is 1. The van der Waals surface area contributed by atoms with Crippen LogP contribution in [0.25, 0.3) is 11.9 Å². The topological polar surface area (TPSA) is 127 Å². The van der Waals surface area contributed by atoms with Crippen LogP contribution in [0, 0.1) is 23.2 Å². The van der Waals surface area contributed by atoms with Gasteiger partial charge in [-0.15, -0.1) is 0 Å². The molecule has 4 rings (SSSR count). The average molecular weight is 557 g/mol. The van der Waals surface area contributed by atoms with Crippen LogP contribution in [0.5, 0.6) is 0 Å². The van der Waals surface area contributed by atoms with Crippen molar-refractivity contribution in [2.24, 2.45) is 16.6 Å². The lowest BCUT2D eigenvalue weighted by Crippen LogP contribution is -2.61. The summed E-state index contributed by atoms with van der Waals surface area (Å²) in [5.41, 5.74) is 5.65. The number of rotatable bonds is 6. The summed E-state index contributed by atoms with van der Waals surface area (Å²) in [5.74, 6) is -2.19. The van der Waals surface area contributed by atoms with Crippen LogP contribution in [0.4, 0.5) is 8.78 Å². The SMILES string of the molecule is COC[C@H]1COCCN1C(=O)[C@@]1(C)SC(N)=N[C@](C)(c2cc(/C=C(\F)c3ccc(C#N)cn3)cnc2F)[C@@H]1C. The number of hydrogen-bond acceptors (Lipinski definition) is 9. The second-order valence-electron chi connectivity index (χ2n) is 9.85. The number of pyridine rings is 2. The smallest absolute Gasteiger partial charge is 0.239 e. The monoisotopic (exact) mass is 556 g/mol. The molecule has 1 saturated heterocycles. The molecule has 0 aliphatic carbocycles. The number of carbonyl (C=O) groups excluding carboxylic acids is 1. The Kier molecular flexibility index (Phi) is 8.34. The highest BCUT2D eigenvalue weighted by atomic mass is 32.2. The number of aromatic nitrogens is 2. The Labute approximate surface area is 230 Å².